The molecule has 1 unspecified atom stereocenters. The predicted molar refractivity (Wildman–Crippen MR) is 79.1 cm³/mol. The maximum atomic E-state index is 10.6. The van der Waals surface area contributed by atoms with E-state index in [1.54, 1.807) is 13.2 Å². The summed E-state index contributed by atoms with van der Waals surface area (Å²) in [5.74, 6) is 1.65. The molecule has 3 rings (SSSR count). The van der Waals surface area contributed by atoms with Crippen LogP contribution in [0.4, 0.5) is 5.69 Å². The first-order valence-corrected chi connectivity index (χ1v) is 7.46. The largest absolute Gasteiger partial charge is 0.493 e. The average molecular weight is 321 g/mol. The summed E-state index contributed by atoms with van der Waals surface area (Å²) >= 11 is 0. The number of nitrogens with zero attached hydrogens (tertiary/aromatic N) is 1. The molecule has 1 aliphatic heterocycles. The molecule has 0 spiro atoms. The lowest BCUT2D eigenvalue weighted by molar-refractivity contribution is -0.384. The highest BCUT2D eigenvalue weighted by Gasteiger charge is 2.27. The van der Waals surface area contributed by atoms with Crippen LogP contribution in [0.15, 0.2) is 42.5 Å². The van der Waals surface area contributed by atoms with Gasteiger partial charge in [0.25, 0.3) is 5.69 Å². The minimum absolute atomic E-state index is 0.00220. The number of rotatable bonds is 4. The number of methoxy groups -OCH3 is 1. The van der Waals surface area contributed by atoms with E-state index in [-0.39, 0.29) is 5.69 Å². The van der Waals surface area contributed by atoms with Gasteiger partial charge in [-0.15, -0.1) is 0 Å². The third kappa shape index (κ3) is 2.95. The number of nitro groups is 1. The first-order chi connectivity index (χ1) is 10.7. The Labute approximate surface area is 127 Å². The van der Waals surface area contributed by atoms with Crippen molar-refractivity contribution in [3.05, 3.63) is 58.1 Å². The second kappa shape index (κ2) is 6.17. The van der Waals surface area contributed by atoms with Gasteiger partial charge in [0.2, 0.25) is 0 Å². The van der Waals surface area contributed by atoms with E-state index in [9.17, 15) is 10.1 Å². The van der Waals surface area contributed by atoms with Crippen molar-refractivity contribution in [2.75, 3.05) is 7.11 Å². The Bertz CT molecular complexity index is 676. The minimum Gasteiger partial charge on any atom is -0.493 e. The van der Waals surface area contributed by atoms with Crippen LogP contribution in [0.1, 0.15) is 5.56 Å². The van der Waals surface area contributed by atoms with E-state index in [1.165, 1.54) is 24.3 Å². The number of benzene rings is 2. The number of ether oxygens (including phenoxy) is 1. The number of nitro benzene ring substituents is 1. The Morgan fingerprint density at radius 1 is 1.23 bits per heavy atom. The molecule has 2 aromatic rings. The first-order valence-electron chi connectivity index (χ1n) is 6.36. The van der Waals surface area contributed by atoms with E-state index in [1.807, 2.05) is 12.1 Å². The van der Waals surface area contributed by atoms with Gasteiger partial charge in [-0.3, -0.25) is 14.6 Å². The third-order valence-corrected chi connectivity index (χ3v) is 4.03. The van der Waals surface area contributed by atoms with Gasteiger partial charge in [-0.1, -0.05) is 12.1 Å². The summed E-state index contributed by atoms with van der Waals surface area (Å²) in [6.45, 7) is 0.352. The molecular formula is C14H12NO6P. The van der Waals surface area contributed by atoms with E-state index in [0.717, 1.165) is 5.56 Å². The third-order valence-electron chi connectivity index (χ3n) is 3.00. The van der Waals surface area contributed by atoms with Crippen LogP contribution in [0, 0.1) is 10.1 Å². The van der Waals surface area contributed by atoms with Gasteiger partial charge in [0.15, 0.2) is 11.5 Å². The molecule has 22 heavy (non-hydrogen) atoms. The van der Waals surface area contributed by atoms with Crippen LogP contribution in [-0.2, 0) is 11.1 Å². The molecule has 0 fully saturated rings. The van der Waals surface area contributed by atoms with Crippen molar-refractivity contribution in [1.29, 1.82) is 0 Å². The molecule has 0 bridgehead atoms. The lowest BCUT2D eigenvalue weighted by atomic mass is 10.2. The van der Waals surface area contributed by atoms with Gasteiger partial charge >= 0.3 is 8.60 Å². The Kier molecular flexibility index (Phi) is 4.09. The van der Waals surface area contributed by atoms with Crippen LogP contribution < -0.4 is 13.8 Å². The summed E-state index contributed by atoms with van der Waals surface area (Å²) in [4.78, 5) is 10.1. The molecule has 0 aromatic heterocycles. The van der Waals surface area contributed by atoms with Crippen molar-refractivity contribution in [2.45, 2.75) is 6.61 Å². The molecule has 114 valence electrons. The van der Waals surface area contributed by atoms with E-state index in [4.69, 9.17) is 18.3 Å². The fraction of sp³-hybridized carbons (Fsp3) is 0.143. The average Bonchev–Trinajstić information content (AvgIpc) is 2.54. The molecular weight excluding hydrogens is 309 g/mol. The molecule has 7 nitrogen and oxygen atoms in total. The van der Waals surface area contributed by atoms with Gasteiger partial charge in [-0.2, -0.15) is 0 Å². The van der Waals surface area contributed by atoms with Gasteiger partial charge in [-0.05, 0) is 18.2 Å². The molecule has 1 aliphatic rings. The van der Waals surface area contributed by atoms with Crippen LogP contribution in [0.5, 0.6) is 17.2 Å². The first kappa shape index (κ1) is 14.6. The monoisotopic (exact) mass is 321 g/mol. The summed E-state index contributed by atoms with van der Waals surface area (Å²) in [7, 11) is -0.0680. The van der Waals surface area contributed by atoms with Crippen molar-refractivity contribution in [2.24, 2.45) is 0 Å². The number of non-ortho nitro benzene ring substituents is 1. The van der Waals surface area contributed by atoms with Crippen molar-refractivity contribution >= 4 is 14.3 Å². The molecule has 1 heterocycles. The van der Waals surface area contributed by atoms with Crippen LogP contribution in [0.25, 0.3) is 0 Å². The van der Waals surface area contributed by atoms with E-state index < -0.39 is 13.5 Å². The Morgan fingerprint density at radius 2 is 2.00 bits per heavy atom. The highest BCUT2D eigenvalue weighted by molar-refractivity contribution is 7.42. The van der Waals surface area contributed by atoms with Crippen molar-refractivity contribution in [1.82, 2.24) is 0 Å². The number of hydrogen-bond acceptors (Lipinski definition) is 6. The van der Waals surface area contributed by atoms with Gasteiger partial charge in [0.05, 0.1) is 18.6 Å². The van der Waals surface area contributed by atoms with Crippen LogP contribution >= 0.6 is 8.60 Å². The fourth-order valence-electron chi connectivity index (χ4n) is 1.92. The standard InChI is InChI=1S/C14H12NO6P/c1-18-13-4-2-3-10-9-19-22(21-14(10)13)20-12-7-5-11(6-8-12)15(16)17/h2-8H,9H2,1H3. The number of fused-ring (bicyclic) bond motifs is 1. The molecule has 2 aromatic carbocycles. The minimum atomic E-state index is -1.63. The predicted octanol–water partition coefficient (Wildman–Crippen LogP) is 3.82. The number of para-hydroxylation sites is 1. The molecule has 0 aliphatic carbocycles. The zero-order chi connectivity index (χ0) is 15.5. The smallest absolute Gasteiger partial charge is 0.463 e. The fourth-order valence-corrected chi connectivity index (χ4v) is 2.96. The zero-order valence-electron chi connectivity index (χ0n) is 11.6. The zero-order valence-corrected chi connectivity index (χ0v) is 12.5. The highest BCUT2D eigenvalue weighted by atomic mass is 31.2. The Morgan fingerprint density at radius 3 is 2.68 bits per heavy atom. The molecule has 0 saturated heterocycles. The van der Waals surface area contributed by atoms with Crippen LogP contribution in [0.3, 0.4) is 0 Å². The SMILES string of the molecule is COc1cccc2c1OP(Oc1ccc([N+](=O)[O-])cc1)OC2. The van der Waals surface area contributed by atoms with Gasteiger partial charge < -0.3 is 13.8 Å². The number of hydrogen-bond donors (Lipinski definition) is 0. The molecule has 0 N–H and O–H groups in total. The lowest BCUT2D eigenvalue weighted by Crippen LogP contribution is -2.08. The Balaban J connectivity index is 1.73. The topological polar surface area (TPSA) is 80.1 Å². The molecule has 8 heteroatoms. The lowest BCUT2D eigenvalue weighted by Gasteiger charge is -2.24. The van der Waals surface area contributed by atoms with E-state index in [2.05, 4.69) is 0 Å². The summed E-state index contributed by atoms with van der Waals surface area (Å²) < 4.78 is 22.1. The Hall–Kier alpha value is -2.37. The summed E-state index contributed by atoms with van der Waals surface area (Å²) in [6, 6.07) is 11.3. The van der Waals surface area contributed by atoms with Crippen LogP contribution in [0.2, 0.25) is 0 Å². The second-order valence-corrected chi connectivity index (χ2v) is 5.45. The summed E-state index contributed by atoms with van der Waals surface area (Å²) in [5.41, 5.74) is 0.878. The highest BCUT2D eigenvalue weighted by Crippen LogP contribution is 2.50. The molecule has 1 atom stereocenters. The summed E-state index contributed by atoms with van der Waals surface area (Å²) in [5, 5.41) is 10.6. The van der Waals surface area contributed by atoms with Gasteiger partial charge in [0, 0.05) is 17.7 Å². The van der Waals surface area contributed by atoms with Crippen molar-refractivity contribution in [3.8, 4) is 17.2 Å². The summed E-state index contributed by atoms with van der Waals surface area (Å²) in [6.07, 6.45) is 0. The second-order valence-electron chi connectivity index (χ2n) is 4.38. The quantitative estimate of drug-likeness (QED) is 0.484. The van der Waals surface area contributed by atoms with Crippen LogP contribution in [-0.4, -0.2) is 12.0 Å². The van der Waals surface area contributed by atoms with Crippen molar-refractivity contribution < 1.29 is 23.2 Å². The molecule has 0 saturated carbocycles. The molecule has 0 amide bonds. The van der Waals surface area contributed by atoms with Gasteiger partial charge in [0.1, 0.15) is 5.75 Å². The van der Waals surface area contributed by atoms with E-state index >= 15 is 0 Å². The normalized spacial score (nSPS) is 16.3. The maximum Gasteiger partial charge on any atom is 0.463 e. The molecule has 0 radical (unpaired) electrons. The maximum absolute atomic E-state index is 10.6. The van der Waals surface area contributed by atoms with E-state index in [0.29, 0.717) is 23.9 Å². The van der Waals surface area contributed by atoms with Gasteiger partial charge in [-0.25, -0.2) is 0 Å². The van der Waals surface area contributed by atoms with Crippen molar-refractivity contribution in [3.63, 3.8) is 0 Å².